The third kappa shape index (κ3) is 3.41. The summed E-state index contributed by atoms with van der Waals surface area (Å²) in [6.07, 6.45) is 5.07. The Hall–Kier alpha value is -2.76. The molecule has 2 unspecified atom stereocenters. The minimum absolute atomic E-state index is 0.155. The highest BCUT2D eigenvalue weighted by Crippen LogP contribution is 2.53. The number of rotatable bonds is 5. The maximum Gasteiger partial charge on any atom is 0.339 e. The first-order valence-corrected chi connectivity index (χ1v) is 10.1. The highest BCUT2D eigenvalue weighted by molar-refractivity contribution is 6.17. The second-order valence-electron chi connectivity index (χ2n) is 7.86. The summed E-state index contributed by atoms with van der Waals surface area (Å²) in [6.45, 7) is 2.00. The molecule has 0 spiro atoms. The molecule has 6 heteroatoms. The number of carbonyl (C=O) groups excluding carboxylic acids is 1. The molecular weight excluding hydrogens is 372 g/mol. The Morgan fingerprint density at radius 3 is 2.45 bits per heavy atom. The molecular formula is C23H26O6. The van der Waals surface area contributed by atoms with E-state index in [1.165, 1.54) is 0 Å². The summed E-state index contributed by atoms with van der Waals surface area (Å²) in [5.41, 5.74) is 2.68. The normalized spacial score (nSPS) is 25.6. The quantitative estimate of drug-likeness (QED) is 0.754. The molecule has 154 valence electrons. The van der Waals surface area contributed by atoms with Crippen molar-refractivity contribution in [2.24, 2.45) is 11.8 Å². The van der Waals surface area contributed by atoms with Crippen LogP contribution in [0.15, 0.2) is 29.4 Å². The van der Waals surface area contributed by atoms with Crippen LogP contribution in [0, 0.1) is 11.8 Å². The van der Waals surface area contributed by atoms with Crippen LogP contribution in [0.4, 0.5) is 0 Å². The summed E-state index contributed by atoms with van der Waals surface area (Å²) in [4.78, 5) is 24.3. The Morgan fingerprint density at radius 2 is 1.86 bits per heavy atom. The van der Waals surface area contributed by atoms with Crippen LogP contribution in [0.3, 0.4) is 0 Å². The molecule has 1 fully saturated rings. The third-order valence-corrected chi connectivity index (χ3v) is 6.15. The average Bonchev–Trinajstić information content (AvgIpc) is 3.54. The van der Waals surface area contributed by atoms with Gasteiger partial charge in [-0.3, -0.25) is 4.79 Å². The molecule has 2 aliphatic carbocycles. The largest absolute Gasteiger partial charge is 0.493 e. The van der Waals surface area contributed by atoms with Crippen molar-refractivity contribution in [2.75, 3.05) is 14.2 Å². The number of aliphatic carboxylic acids is 1. The summed E-state index contributed by atoms with van der Waals surface area (Å²) in [5, 5.41) is 9.62. The number of allylic oxidation sites excluding steroid dienone is 1. The van der Waals surface area contributed by atoms with E-state index in [-0.39, 0.29) is 29.8 Å². The lowest BCUT2D eigenvalue weighted by Crippen LogP contribution is -2.29. The molecule has 1 aromatic rings. The summed E-state index contributed by atoms with van der Waals surface area (Å²) in [5.74, 6) is 1.15. The van der Waals surface area contributed by atoms with Crippen molar-refractivity contribution >= 4 is 17.3 Å². The topological polar surface area (TPSA) is 82.1 Å². The van der Waals surface area contributed by atoms with Crippen molar-refractivity contribution in [2.45, 2.75) is 45.1 Å². The number of fused-ring (bicyclic) bond motifs is 2. The number of carboxylic acid groups (broad SMARTS) is 1. The summed E-state index contributed by atoms with van der Waals surface area (Å²) in [7, 11) is 3.18. The number of methoxy groups -OCH3 is 2. The van der Waals surface area contributed by atoms with Crippen LogP contribution in [-0.4, -0.2) is 37.2 Å². The van der Waals surface area contributed by atoms with E-state index in [9.17, 15) is 14.7 Å². The SMILES string of the molecule is CCC1Oc2cc(OC)c(OC)cc2C2=C1/C=C(/C(=O)O)C(=O)CCC2C1CC1. The van der Waals surface area contributed by atoms with E-state index in [0.29, 0.717) is 30.3 Å². The maximum atomic E-state index is 12.5. The van der Waals surface area contributed by atoms with Crippen molar-refractivity contribution in [1.82, 2.24) is 0 Å². The van der Waals surface area contributed by atoms with E-state index < -0.39 is 5.97 Å². The minimum Gasteiger partial charge on any atom is -0.493 e. The van der Waals surface area contributed by atoms with Gasteiger partial charge in [-0.05, 0) is 60.8 Å². The van der Waals surface area contributed by atoms with Crippen molar-refractivity contribution < 1.29 is 28.9 Å². The minimum atomic E-state index is -1.18. The fourth-order valence-electron chi connectivity index (χ4n) is 4.55. The van der Waals surface area contributed by atoms with Gasteiger partial charge in [0.05, 0.1) is 14.2 Å². The van der Waals surface area contributed by atoms with Gasteiger partial charge in [-0.25, -0.2) is 4.79 Å². The Bertz CT molecular complexity index is 922. The molecule has 6 nitrogen and oxygen atoms in total. The number of hydrogen-bond acceptors (Lipinski definition) is 5. The van der Waals surface area contributed by atoms with Crippen molar-refractivity contribution in [3.05, 3.63) is 34.9 Å². The van der Waals surface area contributed by atoms with E-state index >= 15 is 0 Å². The highest BCUT2D eigenvalue weighted by atomic mass is 16.5. The smallest absolute Gasteiger partial charge is 0.339 e. The van der Waals surface area contributed by atoms with E-state index in [0.717, 1.165) is 35.3 Å². The monoisotopic (exact) mass is 398 g/mol. The van der Waals surface area contributed by atoms with Crippen molar-refractivity contribution in [3.63, 3.8) is 0 Å². The molecule has 3 aliphatic rings. The molecule has 1 N–H and O–H groups in total. The fourth-order valence-corrected chi connectivity index (χ4v) is 4.55. The lowest BCUT2D eigenvalue weighted by atomic mass is 9.76. The zero-order valence-corrected chi connectivity index (χ0v) is 17.0. The van der Waals surface area contributed by atoms with Gasteiger partial charge in [-0.1, -0.05) is 6.92 Å². The van der Waals surface area contributed by atoms with Gasteiger partial charge in [0, 0.05) is 18.1 Å². The van der Waals surface area contributed by atoms with Gasteiger partial charge in [0.2, 0.25) is 0 Å². The first kappa shape index (κ1) is 19.6. The average molecular weight is 398 g/mol. The van der Waals surface area contributed by atoms with Gasteiger partial charge >= 0.3 is 5.97 Å². The lowest BCUT2D eigenvalue weighted by Gasteiger charge is -2.35. The van der Waals surface area contributed by atoms with Crippen molar-refractivity contribution in [1.29, 1.82) is 0 Å². The second-order valence-corrected chi connectivity index (χ2v) is 7.86. The van der Waals surface area contributed by atoms with E-state index in [1.807, 2.05) is 19.1 Å². The zero-order chi connectivity index (χ0) is 20.7. The van der Waals surface area contributed by atoms with Gasteiger partial charge in [0.25, 0.3) is 0 Å². The third-order valence-electron chi connectivity index (χ3n) is 6.15. The van der Waals surface area contributed by atoms with Crippen LogP contribution in [0.2, 0.25) is 0 Å². The molecule has 0 amide bonds. The molecule has 1 saturated carbocycles. The molecule has 0 radical (unpaired) electrons. The Labute approximate surface area is 170 Å². The number of hydrogen-bond donors (Lipinski definition) is 1. The van der Waals surface area contributed by atoms with Crippen LogP contribution >= 0.6 is 0 Å². The van der Waals surface area contributed by atoms with E-state index in [1.54, 1.807) is 20.3 Å². The zero-order valence-electron chi connectivity index (χ0n) is 17.0. The molecule has 0 aromatic heterocycles. The first-order valence-electron chi connectivity index (χ1n) is 10.1. The summed E-state index contributed by atoms with van der Waals surface area (Å²) < 4.78 is 17.2. The first-order chi connectivity index (χ1) is 14.0. The van der Waals surface area contributed by atoms with Crippen LogP contribution in [0.25, 0.3) is 5.57 Å². The van der Waals surface area contributed by atoms with Crippen LogP contribution in [-0.2, 0) is 9.59 Å². The Balaban J connectivity index is 1.99. The van der Waals surface area contributed by atoms with Crippen LogP contribution in [0.1, 0.15) is 44.6 Å². The predicted octanol–water partition coefficient (Wildman–Crippen LogP) is 4.03. The van der Waals surface area contributed by atoms with Crippen LogP contribution in [0.5, 0.6) is 17.2 Å². The number of Topliss-reactive ketones (excluding diaryl/α,β-unsaturated/α-hetero) is 1. The van der Waals surface area contributed by atoms with Gasteiger partial charge in [-0.2, -0.15) is 0 Å². The molecule has 0 saturated heterocycles. The Kier molecular flexibility index (Phi) is 5.11. The van der Waals surface area contributed by atoms with Crippen molar-refractivity contribution in [3.8, 4) is 17.2 Å². The van der Waals surface area contributed by atoms with Gasteiger partial charge in [0.1, 0.15) is 17.4 Å². The molecule has 0 bridgehead atoms. The lowest BCUT2D eigenvalue weighted by molar-refractivity contribution is -0.134. The molecule has 1 aliphatic heterocycles. The van der Waals surface area contributed by atoms with E-state index in [2.05, 4.69) is 0 Å². The van der Waals surface area contributed by atoms with Crippen LogP contribution < -0.4 is 14.2 Å². The van der Waals surface area contributed by atoms with Gasteiger partial charge in [-0.15, -0.1) is 0 Å². The Morgan fingerprint density at radius 1 is 1.17 bits per heavy atom. The van der Waals surface area contributed by atoms with Gasteiger partial charge < -0.3 is 19.3 Å². The maximum absolute atomic E-state index is 12.5. The summed E-state index contributed by atoms with van der Waals surface area (Å²) in [6, 6.07) is 3.76. The predicted molar refractivity (Wildman–Crippen MR) is 107 cm³/mol. The number of ketones is 1. The molecule has 4 rings (SSSR count). The van der Waals surface area contributed by atoms with Gasteiger partial charge in [0.15, 0.2) is 17.3 Å². The molecule has 1 heterocycles. The second kappa shape index (κ2) is 7.58. The number of benzene rings is 1. The highest BCUT2D eigenvalue weighted by Gasteiger charge is 2.41. The fraction of sp³-hybridized carbons (Fsp3) is 0.478. The summed E-state index contributed by atoms with van der Waals surface area (Å²) >= 11 is 0. The molecule has 1 aromatic carbocycles. The number of carboxylic acids is 1. The molecule has 29 heavy (non-hydrogen) atoms. The number of carbonyl (C=O) groups is 2. The molecule has 2 atom stereocenters. The number of ether oxygens (including phenoxy) is 3. The standard InChI is InChI=1S/C23H26O6/c1-4-18-15-9-14(23(25)26)17(24)8-7-13(12-5-6-12)22(15)16-10-20(27-2)21(28-3)11-19(16)29-18/h9-13,18H,4-8H2,1-3H3,(H,25,26)/b14-9+. The van der Waals surface area contributed by atoms with E-state index in [4.69, 9.17) is 14.2 Å².